The Labute approximate surface area is 144 Å². The first kappa shape index (κ1) is 17.8. The van der Waals surface area contributed by atoms with Gasteiger partial charge in [-0.05, 0) is 29.8 Å². The lowest BCUT2D eigenvalue weighted by Crippen LogP contribution is -2.01. The topological polar surface area (TPSA) is 44.8 Å². The molecule has 0 amide bonds. The zero-order chi connectivity index (χ0) is 17.5. The third-order valence-electron chi connectivity index (χ3n) is 3.19. The third-order valence-corrected chi connectivity index (χ3v) is 3.48. The Kier molecular flexibility index (Phi) is 6.21. The standard InChI is InChI=1S/C18H16ClFO4/c1-22-16-10-12(7-8-17(21)23-2)9-14(19)18(16)24-11-13-5-3-4-6-15(13)20/h3-10H,11H2,1-2H3/b8-7+. The zero-order valence-corrected chi connectivity index (χ0v) is 14.0. The Hall–Kier alpha value is -2.53. The van der Waals surface area contributed by atoms with Gasteiger partial charge in [-0.25, -0.2) is 9.18 Å². The Morgan fingerprint density at radius 3 is 2.67 bits per heavy atom. The van der Waals surface area contributed by atoms with E-state index in [0.717, 1.165) is 0 Å². The summed E-state index contributed by atoms with van der Waals surface area (Å²) in [7, 11) is 2.76. The summed E-state index contributed by atoms with van der Waals surface area (Å²) in [6.07, 6.45) is 2.81. The van der Waals surface area contributed by atoms with Gasteiger partial charge in [0.05, 0.1) is 19.2 Å². The average molecular weight is 351 g/mol. The SMILES string of the molecule is COC(=O)/C=C/c1cc(Cl)c(OCc2ccccc2F)c(OC)c1. The van der Waals surface area contributed by atoms with E-state index < -0.39 is 5.97 Å². The number of carbonyl (C=O) groups excluding carboxylic acids is 1. The highest BCUT2D eigenvalue weighted by atomic mass is 35.5. The van der Waals surface area contributed by atoms with Crippen LogP contribution >= 0.6 is 11.6 Å². The molecule has 0 aliphatic carbocycles. The van der Waals surface area contributed by atoms with Crippen LogP contribution in [0.2, 0.25) is 5.02 Å². The van der Waals surface area contributed by atoms with Crippen molar-refractivity contribution in [3.8, 4) is 11.5 Å². The van der Waals surface area contributed by atoms with Crippen LogP contribution in [0.3, 0.4) is 0 Å². The molecule has 0 aliphatic rings. The summed E-state index contributed by atoms with van der Waals surface area (Å²) in [5, 5.41) is 0.287. The van der Waals surface area contributed by atoms with Gasteiger partial charge in [0.2, 0.25) is 0 Å². The average Bonchev–Trinajstić information content (AvgIpc) is 2.59. The van der Waals surface area contributed by atoms with Gasteiger partial charge in [0.1, 0.15) is 12.4 Å². The summed E-state index contributed by atoms with van der Waals surface area (Å²) in [5.74, 6) is -0.156. The molecule has 0 saturated heterocycles. The van der Waals surface area contributed by atoms with Gasteiger partial charge in [-0.1, -0.05) is 29.8 Å². The van der Waals surface area contributed by atoms with Crippen LogP contribution in [0, 0.1) is 5.82 Å². The first-order chi connectivity index (χ1) is 11.5. The number of halogens is 2. The molecule has 0 unspecified atom stereocenters. The predicted molar refractivity (Wildman–Crippen MR) is 89.8 cm³/mol. The van der Waals surface area contributed by atoms with Gasteiger partial charge in [-0.15, -0.1) is 0 Å². The van der Waals surface area contributed by atoms with Crippen LogP contribution in [0.4, 0.5) is 4.39 Å². The second-order valence-electron chi connectivity index (χ2n) is 4.77. The van der Waals surface area contributed by atoms with Crippen molar-refractivity contribution in [2.24, 2.45) is 0 Å². The van der Waals surface area contributed by atoms with E-state index in [0.29, 0.717) is 22.6 Å². The molecule has 2 aromatic rings. The highest BCUT2D eigenvalue weighted by Crippen LogP contribution is 2.37. The van der Waals surface area contributed by atoms with E-state index in [4.69, 9.17) is 21.1 Å². The van der Waals surface area contributed by atoms with E-state index >= 15 is 0 Å². The van der Waals surface area contributed by atoms with Crippen molar-refractivity contribution in [2.75, 3.05) is 14.2 Å². The Bertz CT molecular complexity index is 759. The van der Waals surface area contributed by atoms with Crippen LogP contribution in [-0.4, -0.2) is 20.2 Å². The molecule has 0 radical (unpaired) electrons. The summed E-state index contributed by atoms with van der Waals surface area (Å²) in [4.78, 5) is 11.1. The number of hydrogen-bond acceptors (Lipinski definition) is 4. The molecule has 6 heteroatoms. The fourth-order valence-corrected chi connectivity index (χ4v) is 2.25. The fourth-order valence-electron chi connectivity index (χ4n) is 1.97. The Balaban J connectivity index is 2.22. The molecule has 0 N–H and O–H groups in total. The number of methoxy groups -OCH3 is 2. The van der Waals surface area contributed by atoms with Gasteiger partial charge in [-0.2, -0.15) is 0 Å². The van der Waals surface area contributed by atoms with Crippen molar-refractivity contribution in [1.29, 1.82) is 0 Å². The third kappa shape index (κ3) is 4.49. The van der Waals surface area contributed by atoms with Gasteiger partial charge >= 0.3 is 5.97 Å². The largest absolute Gasteiger partial charge is 0.493 e. The van der Waals surface area contributed by atoms with Crippen molar-refractivity contribution in [1.82, 2.24) is 0 Å². The quantitative estimate of drug-likeness (QED) is 0.577. The van der Waals surface area contributed by atoms with E-state index in [1.54, 1.807) is 36.4 Å². The summed E-state index contributed by atoms with van der Waals surface area (Å²) in [5.41, 5.74) is 1.05. The van der Waals surface area contributed by atoms with Crippen LogP contribution in [0.25, 0.3) is 6.08 Å². The van der Waals surface area contributed by atoms with Crippen molar-refractivity contribution in [3.63, 3.8) is 0 Å². The second kappa shape index (κ2) is 8.36. The maximum atomic E-state index is 13.7. The highest BCUT2D eigenvalue weighted by Gasteiger charge is 2.12. The summed E-state index contributed by atoms with van der Waals surface area (Å²) >= 11 is 6.22. The maximum absolute atomic E-state index is 13.7. The van der Waals surface area contributed by atoms with Gasteiger partial charge in [0.15, 0.2) is 11.5 Å². The molecule has 0 aliphatic heterocycles. The molecule has 24 heavy (non-hydrogen) atoms. The number of esters is 1. The number of ether oxygens (including phenoxy) is 3. The van der Waals surface area contributed by atoms with Crippen molar-refractivity contribution in [3.05, 3.63) is 64.4 Å². The lowest BCUT2D eigenvalue weighted by atomic mass is 10.2. The molecule has 0 aromatic heterocycles. The zero-order valence-electron chi connectivity index (χ0n) is 13.2. The smallest absolute Gasteiger partial charge is 0.330 e. The molecule has 0 spiro atoms. The van der Waals surface area contributed by atoms with Crippen LogP contribution in [-0.2, 0) is 16.1 Å². The summed E-state index contributed by atoms with van der Waals surface area (Å²) in [6.45, 7) is 0.0140. The molecule has 0 saturated carbocycles. The van der Waals surface area contributed by atoms with Crippen molar-refractivity contribution in [2.45, 2.75) is 6.61 Å². The number of carbonyl (C=O) groups is 1. The van der Waals surface area contributed by atoms with E-state index in [-0.39, 0.29) is 17.4 Å². The second-order valence-corrected chi connectivity index (χ2v) is 5.18. The van der Waals surface area contributed by atoms with Gasteiger partial charge in [-0.3, -0.25) is 0 Å². The van der Waals surface area contributed by atoms with E-state index in [9.17, 15) is 9.18 Å². The fraction of sp³-hybridized carbons (Fsp3) is 0.167. The lowest BCUT2D eigenvalue weighted by molar-refractivity contribution is -0.134. The first-order valence-corrected chi connectivity index (χ1v) is 7.42. The minimum Gasteiger partial charge on any atom is -0.493 e. The molecular formula is C18H16ClFO4. The minimum atomic E-state index is -0.482. The number of hydrogen-bond donors (Lipinski definition) is 0. The van der Waals surface area contributed by atoms with Crippen LogP contribution in [0.1, 0.15) is 11.1 Å². The number of rotatable bonds is 6. The monoisotopic (exact) mass is 350 g/mol. The first-order valence-electron chi connectivity index (χ1n) is 7.05. The van der Waals surface area contributed by atoms with Crippen LogP contribution < -0.4 is 9.47 Å². The molecule has 0 fully saturated rings. The molecule has 0 bridgehead atoms. The molecular weight excluding hydrogens is 335 g/mol. The molecule has 0 heterocycles. The van der Waals surface area contributed by atoms with Crippen LogP contribution in [0.15, 0.2) is 42.5 Å². The van der Waals surface area contributed by atoms with E-state index in [2.05, 4.69) is 4.74 Å². The molecule has 126 valence electrons. The van der Waals surface area contributed by atoms with Gasteiger partial charge in [0, 0.05) is 11.6 Å². The Morgan fingerprint density at radius 1 is 1.25 bits per heavy atom. The van der Waals surface area contributed by atoms with Crippen molar-refractivity contribution >= 4 is 23.6 Å². The van der Waals surface area contributed by atoms with E-state index in [1.807, 2.05) is 0 Å². The molecule has 4 nitrogen and oxygen atoms in total. The molecule has 2 rings (SSSR count). The van der Waals surface area contributed by atoms with Crippen molar-refractivity contribution < 1.29 is 23.4 Å². The lowest BCUT2D eigenvalue weighted by Gasteiger charge is -2.13. The van der Waals surface area contributed by atoms with E-state index in [1.165, 1.54) is 26.4 Å². The Morgan fingerprint density at radius 2 is 2.00 bits per heavy atom. The highest BCUT2D eigenvalue weighted by molar-refractivity contribution is 6.32. The normalized spacial score (nSPS) is 10.7. The summed E-state index contributed by atoms with van der Waals surface area (Å²) in [6, 6.07) is 9.58. The van der Waals surface area contributed by atoms with Gasteiger partial charge < -0.3 is 14.2 Å². The molecule has 0 atom stereocenters. The minimum absolute atomic E-state index is 0.0140. The predicted octanol–water partition coefficient (Wildman–Crippen LogP) is 4.25. The van der Waals surface area contributed by atoms with Gasteiger partial charge in [0.25, 0.3) is 0 Å². The maximum Gasteiger partial charge on any atom is 0.330 e. The van der Waals surface area contributed by atoms with Crippen LogP contribution in [0.5, 0.6) is 11.5 Å². The summed E-state index contributed by atoms with van der Waals surface area (Å²) < 4.78 is 29.1. The molecule has 2 aromatic carbocycles. The number of benzene rings is 2.